The summed E-state index contributed by atoms with van der Waals surface area (Å²) in [6, 6.07) is 12.3. The summed E-state index contributed by atoms with van der Waals surface area (Å²) >= 11 is 0. The van der Waals surface area contributed by atoms with Gasteiger partial charge in [0.1, 0.15) is 5.75 Å². The van der Waals surface area contributed by atoms with Gasteiger partial charge in [-0.3, -0.25) is 0 Å². The van der Waals surface area contributed by atoms with Crippen LogP contribution < -0.4 is 9.46 Å². The third kappa shape index (κ3) is 3.67. The Kier molecular flexibility index (Phi) is 4.88. The maximum absolute atomic E-state index is 12.5. The molecule has 5 heteroatoms. The minimum atomic E-state index is -3.57. The molecule has 0 aliphatic heterocycles. The fraction of sp³-hybridized carbons (Fsp3) is 0.294. The van der Waals surface area contributed by atoms with Crippen LogP contribution in [0.3, 0.4) is 0 Å². The second-order valence-electron chi connectivity index (χ2n) is 5.39. The molecule has 0 saturated heterocycles. The standard InChI is InChI=1S/C17H21NO3S/c1-12-5-7-15(8-6-12)14(3)18-22(19,20)16-9-10-17(21-4)13(2)11-16/h5-11,14,18H,1-4H3. The minimum Gasteiger partial charge on any atom is -0.496 e. The first-order chi connectivity index (χ1) is 10.3. The molecule has 1 unspecified atom stereocenters. The number of rotatable bonds is 5. The van der Waals surface area contributed by atoms with E-state index >= 15 is 0 Å². The molecular formula is C17H21NO3S. The summed E-state index contributed by atoms with van der Waals surface area (Å²) in [5.74, 6) is 0.672. The van der Waals surface area contributed by atoms with Crippen LogP contribution in [0.4, 0.5) is 0 Å². The predicted octanol–water partition coefficient (Wildman–Crippen LogP) is 3.35. The van der Waals surface area contributed by atoms with Crippen LogP contribution in [0.25, 0.3) is 0 Å². The summed E-state index contributed by atoms with van der Waals surface area (Å²) in [5, 5.41) is 0. The molecule has 0 heterocycles. The van der Waals surface area contributed by atoms with Gasteiger partial charge in [0.2, 0.25) is 10.0 Å². The van der Waals surface area contributed by atoms with Crippen molar-refractivity contribution in [3.63, 3.8) is 0 Å². The van der Waals surface area contributed by atoms with Crippen LogP contribution in [0.2, 0.25) is 0 Å². The summed E-state index contributed by atoms with van der Waals surface area (Å²) in [5.41, 5.74) is 2.86. The van der Waals surface area contributed by atoms with Gasteiger partial charge in [-0.05, 0) is 50.1 Å². The van der Waals surface area contributed by atoms with Crippen molar-refractivity contribution in [1.29, 1.82) is 0 Å². The number of aryl methyl sites for hydroxylation is 2. The fourth-order valence-electron chi connectivity index (χ4n) is 2.24. The number of hydrogen-bond acceptors (Lipinski definition) is 3. The molecule has 0 spiro atoms. The Balaban J connectivity index is 2.23. The minimum absolute atomic E-state index is 0.241. The van der Waals surface area contributed by atoms with E-state index in [1.807, 2.05) is 45.0 Å². The molecule has 22 heavy (non-hydrogen) atoms. The van der Waals surface area contributed by atoms with Crippen LogP contribution >= 0.6 is 0 Å². The number of ether oxygens (including phenoxy) is 1. The normalized spacial score (nSPS) is 12.9. The monoisotopic (exact) mass is 319 g/mol. The van der Waals surface area contributed by atoms with Crippen molar-refractivity contribution in [2.75, 3.05) is 7.11 Å². The molecular weight excluding hydrogens is 298 g/mol. The van der Waals surface area contributed by atoms with E-state index < -0.39 is 10.0 Å². The molecule has 2 aromatic carbocycles. The Morgan fingerprint density at radius 2 is 1.68 bits per heavy atom. The van der Waals surface area contributed by atoms with E-state index in [-0.39, 0.29) is 10.9 Å². The SMILES string of the molecule is COc1ccc(S(=O)(=O)NC(C)c2ccc(C)cc2)cc1C. The lowest BCUT2D eigenvalue weighted by molar-refractivity contribution is 0.411. The molecule has 1 atom stereocenters. The molecule has 0 radical (unpaired) electrons. The van der Waals surface area contributed by atoms with Crippen LogP contribution in [0, 0.1) is 13.8 Å². The highest BCUT2D eigenvalue weighted by Gasteiger charge is 2.19. The van der Waals surface area contributed by atoms with Crippen molar-refractivity contribution >= 4 is 10.0 Å². The molecule has 0 aromatic heterocycles. The van der Waals surface area contributed by atoms with Crippen molar-refractivity contribution < 1.29 is 13.2 Å². The maximum atomic E-state index is 12.5. The van der Waals surface area contributed by atoms with Gasteiger partial charge in [0.25, 0.3) is 0 Å². The number of nitrogens with one attached hydrogen (secondary N) is 1. The highest BCUT2D eigenvalue weighted by Crippen LogP contribution is 2.23. The first-order valence-electron chi connectivity index (χ1n) is 7.07. The highest BCUT2D eigenvalue weighted by molar-refractivity contribution is 7.89. The summed E-state index contributed by atoms with van der Waals surface area (Å²) < 4.78 is 32.8. The summed E-state index contributed by atoms with van der Waals surface area (Å²) in [7, 11) is -2.01. The molecule has 0 fully saturated rings. The van der Waals surface area contributed by atoms with E-state index in [2.05, 4.69) is 4.72 Å². The second-order valence-corrected chi connectivity index (χ2v) is 7.10. The Morgan fingerprint density at radius 1 is 1.05 bits per heavy atom. The van der Waals surface area contributed by atoms with Gasteiger partial charge in [-0.25, -0.2) is 13.1 Å². The van der Waals surface area contributed by atoms with Gasteiger partial charge in [-0.2, -0.15) is 0 Å². The quantitative estimate of drug-likeness (QED) is 0.919. The predicted molar refractivity (Wildman–Crippen MR) is 87.6 cm³/mol. The number of hydrogen-bond donors (Lipinski definition) is 1. The van der Waals surface area contributed by atoms with Gasteiger partial charge in [-0.15, -0.1) is 0 Å². The second kappa shape index (κ2) is 6.50. The Bertz CT molecular complexity index is 752. The third-order valence-electron chi connectivity index (χ3n) is 3.59. The Labute approximate surface area is 132 Å². The van der Waals surface area contributed by atoms with E-state index in [4.69, 9.17) is 4.74 Å². The lowest BCUT2D eigenvalue weighted by Crippen LogP contribution is -2.27. The van der Waals surface area contributed by atoms with Crippen LogP contribution in [-0.2, 0) is 10.0 Å². The smallest absolute Gasteiger partial charge is 0.241 e. The first kappa shape index (κ1) is 16.5. The summed E-state index contributed by atoms with van der Waals surface area (Å²) in [4.78, 5) is 0.241. The average Bonchev–Trinajstić information content (AvgIpc) is 2.47. The zero-order chi connectivity index (χ0) is 16.3. The van der Waals surface area contributed by atoms with Gasteiger partial charge < -0.3 is 4.74 Å². The largest absolute Gasteiger partial charge is 0.496 e. The molecule has 0 aliphatic rings. The van der Waals surface area contributed by atoms with E-state index in [0.717, 1.165) is 16.7 Å². The molecule has 0 aliphatic carbocycles. The van der Waals surface area contributed by atoms with Crippen LogP contribution in [0.1, 0.15) is 29.7 Å². The molecule has 0 saturated carbocycles. The zero-order valence-electron chi connectivity index (χ0n) is 13.3. The van der Waals surface area contributed by atoms with Crippen molar-refractivity contribution in [3.8, 4) is 5.75 Å². The Morgan fingerprint density at radius 3 is 2.23 bits per heavy atom. The topological polar surface area (TPSA) is 55.4 Å². The van der Waals surface area contributed by atoms with Crippen molar-refractivity contribution in [2.45, 2.75) is 31.7 Å². The molecule has 0 amide bonds. The van der Waals surface area contributed by atoms with Crippen LogP contribution in [-0.4, -0.2) is 15.5 Å². The molecule has 2 aromatic rings. The van der Waals surface area contributed by atoms with E-state index in [1.54, 1.807) is 25.3 Å². The van der Waals surface area contributed by atoms with Crippen molar-refractivity contribution in [2.24, 2.45) is 0 Å². The van der Waals surface area contributed by atoms with Gasteiger partial charge in [0.15, 0.2) is 0 Å². The molecule has 2 rings (SSSR count). The molecule has 4 nitrogen and oxygen atoms in total. The summed E-state index contributed by atoms with van der Waals surface area (Å²) in [6.07, 6.45) is 0. The van der Waals surface area contributed by atoms with Gasteiger partial charge >= 0.3 is 0 Å². The van der Waals surface area contributed by atoms with Crippen molar-refractivity contribution in [1.82, 2.24) is 4.72 Å². The summed E-state index contributed by atoms with van der Waals surface area (Å²) in [6.45, 7) is 5.65. The fourth-order valence-corrected chi connectivity index (χ4v) is 3.56. The van der Waals surface area contributed by atoms with Crippen molar-refractivity contribution in [3.05, 3.63) is 59.2 Å². The highest BCUT2D eigenvalue weighted by atomic mass is 32.2. The van der Waals surface area contributed by atoms with Crippen LogP contribution in [0.5, 0.6) is 5.75 Å². The van der Waals surface area contributed by atoms with Gasteiger partial charge in [0, 0.05) is 6.04 Å². The van der Waals surface area contributed by atoms with Gasteiger partial charge in [-0.1, -0.05) is 29.8 Å². The number of sulfonamides is 1. The maximum Gasteiger partial charge on any atom is 0.241 e. The van der Waals surface area contributed by atoms with E-state index in [0.29, 0.717) is 5.75 Å². The first-order valence-corrected chi connectivity index (χ1v) is 8.55. The van der Waals surface area contributed by atoms with E-state index in [1.165, 1.54) is 0 Å². The molecule has 118 valence electrons. The molecule has 0 bridgehead atoms. The average molecular weight is 319 g/mol. The zero-order valence-corrected chi connectivity index (χ0v) is 14.1. The van der Waals surface area contributed by atoms with Gasteiger partial charge in [0.05, 0.1) is 12.0 Å². The van der Waals surface area contributed by atoms with Crippen LogP contribution in [0.15, 0.2) is 47.4 Å². The third-order valence-corrected chi connectivity index (χ3v) is 5.12. The lowest BCUT2D eigenvalue weighted by Gasteiger charge is -2.15. The number of methoxy groups -OCH3 is 1. The Hall–Kier alpha value is -1.85. The lowest BCUT2D eigenvalue weighted by atomic mass is 10.1. The number of benzene rings is 2. The van der Waals surface area contributed by atoms with E-state index in [9.17, 15) is 8.42 Å². The molecule has 1 N–H and O–H groups in total.